The number of nitrogens with one attached hydrogen (secondary N) is 2. The summed E-state index contributed by atoms with van der Waals surface area (Å²) in [4.78, 5) is 34.2. The highest BCUT2D eigenvalue weighted by atomic mass is 16.3. The number of hydrogen-bond donors (Lipinski definition) is 2. The number of aromatic amines is 1. The summed E-state index contributed by atoms with van der Waals surface area (Å²) in [6, 6.07) is 13.0. The van der Waals surface area contributed by atoms with Gasteiger partial charge in [-0.3, -0.25) is 14.5 Å². The Hall–Kier alpha value is -3.19. The molecule has 0 aliphatic carbocycles. The number of H-pyrrole nitrogens is 1. The second-order valence-corrected chi connectivity index (χ2v) is 6.82. The van der Waals surface area contributed by atoms with Gasteiger partial charge >= 0.3 is 0 Å². The molecule has 7 heteroatoms. The summed E-state index contributed by atoms with van der Waals surface area (Å²) in [7, 11) is 0. The molecule has 3 heterocycles. The monoisotopic (exact) mass is 378 g/mol. The molecule has 144 valence electrons. The molecule has 1 aliphatic rings. The first-order valence-electron chi connectivity index (χ1n) is 9.43. The molecule has 0 unspecified atom stereocenters. The molecule has 3 aromatic rings. The van der Waals surface area contributed by atoms with Crippen LogP contribution in [-0.2, 0) is 0 Å². The first-order valence-corrected chi connectivity index (χ1v) is 9.43. The molecule has 1 amide bonds. The van der Waals surface area contributed by atoms with E-state index in [2.05, 4.69) is 20.2 Å². The number of amides is 1. The van der Waals surface area contributed by atoms with Crippen molar-refractivity contribution in [3.8, 4) is 11.4 Å². The summed E-state index contributed by atoms with van der Waals surface area (Å²) in [5.74, 6) is 0.811. The molecule has 0 saturated carbocycles. The first-order chi connectivity index (χ1) is 13.7. The van der Waals surface area contributed by atoms with Crippen molar-refractivity contribution in [1.29, 1.82) is 0 Å². The van der Waals surface area contributed by atoms with Crippen molar-refractivity contribution in [2.45, 2.75) is 18.9 Å². The SMILES string of the molecule is O=C(NC[C@@H](c1ccco1)N1CCCC1)c1cnc(-c2ccccc2)[nH]c1=O. The molecule has 0 bridgehead atoms. The standard InChI is InChI=1S/C21H22N4O3/c26-20(16-13-22-19(24-21(16)27)15-7-2-1-3-8-15)23-14-17(18-9-6-12-28-18)25-10-4-5-11-25/h1-3,6-9,12-13,17H,4-5,10-11,14H2,(H,23,26)(H,22,24,27)/t17-/m0/s1. The van der Waals surface area contributed by atoms with E-state index < -0.39 is 11.5 Å². The van der Waals surface area contributed by atoms with Crippen LogP contribution < -0.4 is 10.9 Å². The zero-order valence-electron chi connectivity index (χ0n) is 15.4. The fourth-order valence-corrected chi connectivity index (χ4v) is 3.53. The Morgan fingerprint density at radius 3 is 2.64 bits per heavy atom. The third kappa shape index (κ3) is 3.89. The van der Waals surface area contributed by atoms with Gasteiger partial charge in [-0.05, 0) is 38.1 Å². The molecule has 2 aromatic heterocycles. The van der Waals surface area contributed by atoms with Crippen LogP contribution in [-0.4, -0.2) is 40.4 Å². The van der Waals surface area contributed by atoms with Crippen molar-refractivity contribution in [3.05, 3.63) is 76.6 Å². The highest BCUT2D eigenvalue weighted by Crippen LogP contribution is 2.24. The maximum Gasteiger partial charge on any atom is 0.264 e. The van der Waals surface area contributed by atoms with Gasteiger partial charge in [-0.1, -0.05) is 30.3 Å². The van der Waals surface area contributed by atoms with Gasteiger partial charge in [0.1, 0.15) is 17.1 Å². The number of benzene rings is 1. The zero-order valence-corrected chi connectivity index (χ0v) is 15.4. The molecule has 1 atom stereocenters. The first kappa shape index (κ1) is 18.2. The number of carbonyl (C=O) groups excluding carboxylic acids is 1. The summed E-state index contributed by atoms with van der Waals surface area (Å²) in [6.45, 7) is 2.30. The summed E-state index contributed by atoms with van der Waals surface area (Å²) < 4.78 is 5.56. The van der Waals surface area contributed by atoms with E-state index in [1.165, 1.54) is 6.20 Å². The molecule has 1 fully saturated rings. The number of nitrogens with zero attached hydrogens (tertiary/aromatic N) is 2. The molecule has 0 spiro atoms. The second-order valence-electron chi connectivity index (χ2n) is 6.82. The van der Waals surface area contributed by atoms with Crippen LogP contribution in [0.25, 0.3) is 11.4 Å². The van der Waals surface area contributed by atoms with E-state index >= 15 is 0 Å². The molecular formula is C21H22N4O3. The number of carbonyl (C=O) groups is 1. The summed E-state index contributed by atoms with van der Waals surface area (Å²) in [5, 5.41) is 2.86. The highest BCUT2D eigenvalue weighted by molar-refractivity contribution is 5.93. The second kappa shape index (κ2) is 8.22. The Morgan fingerprint density at radius 2 is 1.96 bits per heavy atom. The van der Waals surface area contributed by atoms with Crippen molar-refractivity contribution < 1.29 is 9.21 Å². The molecule has 1 saturated heterocycles. The fraction of sp³-hybridized carbons (Fsp3) is 0.286. The highest BCUT2D eigenvalue weighted by Gasteiger charge is 2.26. The van der Waals surface area contributed by atoms with Gasteiger partial charge in [0.2, 0.25) is 0 Å². The molecule has 28 heavy (non-hydrogen) atoms. The number of furan rings is 1. The van der Waals surface area contributed by atoms with Crippen molar-refractivity contribution >= 4 is 5.91 Å². The quantitative estimate of drug-likeness (QED) is 0.688. The van der Waals surface area contributed by atoms with E-state index in [0.29, 0.717) is 12.4 Å². The lowest BCUT2D eigenvalue weighted by Gasteiger charge is -2.25. The lowest BCUT2D eigenvalue weighted by atomic mass is 10.2. The van der Waals surface area contributed by atoms with E-state index in [-0.39, 0.29) is 11.6 Å². The Balaban J connectivity index is 1.48. The molecule has 1 aromatic carbocycles. The van der Waals surface area contributed by atoms with Crippen LogP contribution in [0.5, 0.6) is 0 Å². The van der Waals surface area contributed by atoms with Gasteiger partial charge in [-0.15, -0.1) is 0 Å². The van der Waals surface area contributed by atoms with Crippen LogP contribution in [0, 0.1) is 0 Å². The average Bonchev–Trinajstić information content (AvgIpc) is 3.43. The number of hydrogen-bond acceptors (Lipinski definition) is 5. The normalized spacial score (nSPS) is 15.4. The average molecular weight is 378 g/mol. The van der Waals surface area contributed by atoms with Crippen LogP contribution in [0.3, 0.4) is 0 Å². The minimum atomic E-state index is -0.456. The molecular weight excluding hydrogens is 356 g/mol. The summed E-state index contributed by atoms with van der Waals surface area (Å²) in [6.07, 6.45) is 5.23. The van der Waals surface area contributed by atoms with Gasteiger partial charge in [-0.2, -0.15) is 0 Å². The van der Waals surface area contributed by atoms with Gasteiger partial charge in [0.25, 0.3) is 11.5 Å². The number of rotatable bonds is 6. The maximum atomic E-state index is 12.6. The Kier molecular flexibility index (Phi) is 5.34. The predicted molar refractivity (Wildman–Crippen MR) is 105 cm³/mol. The van der Waals surface area contributed by atoms with Gasteiger partial charge in [0.15, 0.2) is 0 Å². The third-order valence-electron chi connectivity index (χ3n) is 5.00. The molecule has 0 radical (unpaired) electrons. The smallest absolute Gasteiger partial charge is 0.264 e. The topological polar surface area (TPSA) is 91.2 Å². The van der Waals surface area contributed by atoms with Crippen molar-refractivity contribution in [1.82, 2.24) is 20.2 Å². The van der Waals surface area contributed by atoms with Crippen molar-refractivity contribution in [2.24, 2.45) is 0 Å². The molecule has 4 rings (SSSR count). The van der Waals surface area contributed by atoms with Crippen LogP contribution in [0.2, 0.25) is 0 Å². The van der Waals surface area contributed by atoms with Crippen LogP contribution in [0.1, 0.15) is 35.0 Å². The summed E-state index contributed by atoms with van der Waals surface area (Å²) in [5.41, 5.74) is 0.333. The number of likely N-dealkylation sites (tertiary alicyclic amines) is 1. The van der Waals surface area contributed by atoms with Gasteiger partial charge in [0.05, 0.1) is 12.3 Å². The maximum absolute atomic E-state index is 12.6. The van der Waals surface area contributed by atoms with Crippen LogP contribution in [0.15, 0.2) is 64.1 Å². The van der Waals surface area contributed by atoms with Gasteiger partial charge in [0, 0.05) is 18.3 Å². The van der Waals surface area contributed by atoms with Crippen LogP contribution >= 0.6 is 0 Å². The Morgan fingerprint density at radius 1 is 1.18 bits per heavy atom. The number of aromatic nitrogens is 2. The van der Waals surface area contributed by atoms with Gasteiger partial charge in [-0.25, -0.2) is 4.98 Å². The van der Waals surface area contributed by atoms with Crippen molar-refractivity contribution in [3.63, 3.8) is 0 Å². The van der Waals surface area contributed by atoms with E-state index in [9.17, 15) is 9.59 Å². The minimum Gasteiger partial charge on any atom is -0.468 e. The van der Waals surface area contributed by atoms with E-state index in [1.807, 2.05) is 42.5 Å². The van der Waals surface area contributed by atoms with Crippen molar-refractivity contribution in [2.75, 3.05) is 19.6 Å². The Bertz CT molecular complexity index is 976. The van der Waals surface area contributed by atoms with Gasteiger partial charge < -0.3 is 14.7 Å². The predicted octanol–water partition coefficient (Wildman–Crippen LogP) is 2.60. The molecule has 2 N–H and O–H groups in total. The largest absolute Gasteiger partial charge is 0.468 e. The minimum absolute atomic E-state index is 0.000650. The van der Waals surface area contributed by atoms with Crippen LogP contribution in [0.4, 0.5) is 0 Å². The zero-order chi connectivity index (χ0) is 19.3. The third-order valence-corrected chi connectivity index (χ3v) is 5.00. The van der Waals surface area contributed by atoms with E-state index in [4.69, 9.17) is 4.42 Å². The molecule has 7 nitrogen and oxygen atoms in total. The Labute approximate surface area is 162 Å². The fourth-order valence-electron chi connectivity index (χ4n) is 3.53. The van der Waals surface area contributed by atoms with E-state index in [1.54, 1.807) is 6.26 Å². The lowest BCUT2D eigenvalue weighted by Crippen LogP contribution is -2.38. The lowest BCUT2D eigenvalue weighted by molar-refractivity contribution is 0.0932. The van der Waals surface area contributed by atoms with E-state index in [0.717, 1.165) is 37.3 Å². The summed E-state index contributed by atoms with van der Waals surface area (Å²) >= 11 is 0. The molecule has 1 aliphatic heterocycles.